The van der Waals surface area contributed by atoms with Crippen molar-refractivity contribution in [1.82, 2.24) is 20.1 Å². The molecule has 0 spiro atoms. The number of allylic oxidation sites excluding steroid dienone is 1. The molecule has 0 unspecified atom stereocenters. The summed E-state index contributed by atoms with van der Waals surface area (Å²) in [6.07, 6.45) is 1.65. The third kappa shape index (κ3) is 6.70. The molecule has 1 heterocycles. The minimum Gasteiger partial charge on any atom is -0.345 e. The predicted octanol–water partition coefficient (Wildman–Crippen LogP) is 5.22. The first-order chi connectivity index (χ1) is 15.8. The Bertz CT molecular complexity index is 1200. The zero-order valence-electron chi connectivity index (χ0n) is 16.9. The number of aromatic nitrogens is 3. The van der Waals surface area contributed by atoms with E-state index in [2.05, 4.69) is 27.4 Å². The second-order valence-electron chi connectivity index (χ2n) is 6.58. The number of thioether (sulfide) groups is 1. The molecule has 0 aliphatic rings. The highest BCUT2D eigenvalue weighted by molar-refractivity contribution is 7.99. The minimum atomic E-state index is -0.569. The number of rotatable bonds is 9. The molecule has 7 nitrogen and oxygen atoms in total. The topological polar surface area (TPSA) is 88.9 Å². The van der Waals surface area contributed by atoms with Gasteiger partial charge >= 0.3 is 0 Å². The lowest BCUT2D eigenvalue weighted by Gasteiger charge is -2.09. The number of hydrogen-bond donors (Lipinski definition) is 2. The van der Waals surface area contributed by atoms with Crippen molar-refractivity contribution in [2.45, 2.75) is 18.2 Å². The molecule has 0 radical (unpaired) electrons. The van der Waals surface area contributed by atoms with Crippen LogP contribution in [-0.4, -0.2) is 32.3 Å². The van der Waals surface area contributed by atoms with Gasteiger partial charge in [-0.05, 0) is 36.4 Å². The van der Waals surface area contributed by atoms with Gasteiger partial charge in [0.1, 0.15) is 5.82 Å². The molecule has 0 atom stereocenters. The Labute approximate surface area is 208 Å². The summed E-state index contributed by atoms with van der Waals surface area (Å²) in [6.45, 7) is 4.20. The average molecular weight is 529 g/mol. The number of carbonyl (C=O) groups excluding carboxylic acids is 2. The lowest BCUT2D eigenvalue weighted by molar-refractivity contribution is -0.113. The smallest absolute Gasteiger partial charge is 0.251 e. The van der Waals surface area contributed by atoms with Gasteiger partial charge in [0.05, 0.1) is 27.4 Å². The van der Waals surface area contributed by atoms with E-state index in [4.69, 9.17) is 34.8 Å². The highest BCUT2D eigenvalue weighted by atomic mass is 35.5. The number of amides is 2. The fraction of sp³-hybridized carbons (Fsp3) is 0.143. The van der Waals surface area contributed by atoms with Gasteiger partial charge in [-0.25, -0.2) is 4.39 Å². The molecule has 0 bridgehead atoms. The molecule has 33 heavy (non-hydrogen) atoms. The molecule has 1 aromatic heterocycles. The van der Waals surface area contributed by atoms with E-state index >= 15 is 0 Å². The van der Waals surface area contributed by atoms with Gasteiger partial charge in [0.15, 0.2) is 11.0 Å². The molecule has 2 amide bonds. The van der Waals surface area contributed by atoms with Crippen LogP contribution in [-0.2, 0) is 17.9 Å². The lowest BCUT2D eigenvalue weighted by atomic mass is 10.2. The summed E-state index contributed by atoms with van der Waals surface area (Å²) in [5, 5.41) is 14.6. The summed E-state index contributed by atoms with van der Waals surface area (Å²) in [6, 6.07) is 8.49. The molecule has 0 aliphatic heterocycles. The lowest BCUT2D eigenvalue weighted by Crippen LogP contribution is -2.25. The summed E-state index contributed by atoms with van der Waals surface area (Å²) >= 11 is 18.7. The van der Waals surface area contributed by atoms with Crippen molar-refractivity contribution in [3.8, 4) is 0 Å². The quantitative estimate of drug-likeness (QED) is 0.293. The van der Waals surface area contributed by atoms with Crippen LogP contribution in [0, 0.1) is 5.82 Å². The fourth-order valence-electron chi connectivity index (χ4n) is 2.67. The molecule has 3 aromatic rings. The molecule has 0 saturated carbocycles. The van der Waals surface area contributed by atoms with Crippen LogP contribution in [0.5, 0.6) is 0 Å². The molecule has 2 N–H and O–H groups in total. The Morgan fingerprint density at radius 3 is 2.58 bits per heavy atom. The van der Waals surface area contributed by atoms with Crippen LogP contribution in [0.1, 0.15) is 16.2 Å². The van der Waals surface area contributed by atoms with Gasteiger partial charge in [-0.2, -0.15) is 0 Å². The molecule has 0 fully saturated rings. The van der Waals surface area contributed by atoms with E-state index < -0.39 is 5.82 Å². The third-order valence-electron chi connectivity index (χ3n) is 4.23. The van der Waals surface area contributed by atoms with Crippen LogP contribution < -0.4 is 10.6 Å². The van der Waals surface area contributed by atoms with Crippen LogP contribution in [0.2, 0.25) is 15.1 Å². The van der Waals surface area contributed by atoms with Crippen molar-refractivity contribution in [3.63, 3.8) is 0 Å². The second-order valence-corrected chi connectivity index (χ2v) is 8.74. The van der Waals surface area contributed by atoms with Gasteiger partial charge in [-0.3, -0.25) is 9.59 Å². The molecule has 0 saturated heterocycles. The van der Waals surface area contributed by atoms with Crippen LogP contribution in [0.15, 0.2) is 54.2 Å². The van der Waals surface area contributed by atoms with Crippen LogP contribution >= 0.6 is 46.6 Å². The summed E-state index contributed by atoms with van der Waals surface area (Å²) in [4.78, 5) is 24.7. The largest absolute Gasteiger partial charge is 0.345 e. The highest BCUT2D eigenvalue weighted by Crippen LogP contribution is 2.23. The number of benzene rings is 2. The molecule has 172 valence electrons. The maximum Gasteiger partial charge on any atom is 0.251 e. The molecule has 2 aromatic carbocycles. The Hall–Kier alpha value is -2.59. The zero-order chi connectivity index (χ0) is 24.0. The summed E-state index contributed by atoms with van der Waals surface area (Å²) in [5.41, 5.74) is 0.733. The van der Waals surface area contributed by atoms with Gasteiger partial charge in [-0.15, -0.1) is 16.8 Å². The van der Waals surface area contributed by atoms with Crippen molar-refractivity contribution < 1.29 is 14.0 Å². The molecule has 3 rings (SSSR count). The monoisotopic (exact) mass is 527 g/mol. The molecular formula is C21H17Cl3FN5O2S. The normalized spacial score (nSPS) is 10.7. The number of halogens is 4. The van der Waals surface area contributed by atoms with Crippen molar-refractivity contribution in [1.29, 1.82) is 0 Å². The first kappa shape index (κ1) is 25.0. The van der Waals surface area contributed by atoms with Crippen molar-refractivity contribution >= 4 is 64.1 Å². The zero-order valence-corrected chi connectivity index (χ0v) is 20.0. The standard InChI is InChI=1S/C21H17Cl3FN5O2S/c1-2-7-30-18(10-26-20(32)12-3-5-14(22)15(23)8-12)28-29-21(30)33-11-19(31)27-13-4-6-17(25)16(24)9-13/h2-6,8-9H,1,7,10-11H2,(H,26,32)(H,27,31). The number of nitrogens with one attached hydrogen (secondary N) is 2. The maximum absolute atomic E-state index is 13.3. The van der Waals surface area contributed by atoms with E-state index in [0.717, 1.165) is 11.8 Å². The van der Waals surface area contributed by atoms with Crippen molar-refractivity contribution in [3.05, 3.63) is 81.3 Å². The van der Waals surface area contributed by atoms with E-state index in [9.17, 15) is 14.0 Å². The first-order valence-electron chi connectivity index (χ1n) is 9.42. The SMILES string of the molecule is C=CCn1c(CNC(=O)c2ccc(Cl)c(Cl)c2)nnc1SCC(=O)Nc1ccc(F)c(Cl)c1. The van der Waals surface area contributed by atoms with Crippen LogP contribution in [0.25, 0.3) is 0 Å². The summed E-state index contributed by atoms with van der Waals surface area (Å²) in [5.74, 6) is -0.740. The van der Waals surface area contributed by atoms with E-state index in [1.165, 1.54) is 24.3 Å². The van der Waals surface area contributed by atoms with E-state index in [-0.39, 0.29) is 34.2 Å². The minimum absolute atomic E-state index is 0.0277. The number of nitrogens with zero attached hydrogens (tertiary/aromatic N) is 3. The average Bonchev–Trinajstić information content (AvgIpc) is 3.17. The highest BCUT2D eigenvalue weighted by Gasteiger charge is 2.16. The van der Waals surface area contributed by atoms with Gasteiger partial charge < -0.3 is 15.2 Å². The second kappa shape index (κ2) is 11.5. The Morgan fingerprint density at radius 1 is 1.09 bits per heavy atom. The van der Waals surface area contributed by atoms with Crippen LogP contribution in [0.4, 0.5) is 10.1 Å². The fourth-order valence-corrected chi connectivity index (χ4v) is 3.91. The third-order valence-corrected chi connectivity index (χ3v) is 6.23. The van der Waals surface area contributed by atoms with Gasteiger partial charge in [-0.1, -0.05) is 52.6 Å². The Kier molecular flexibility index (Phi) is 8.74. The number of hydrogen-bond acceptors (Lipinski definition) is 5. The van der Waals surface area contributed by atoms with Gasteiger partial charge in [0, 0.05) is 17.8 Å². The van der Waals surface area contributed by atoms with Crippen LogP contribution in [0.3, 0.4) is 0 Å². The molecular weight excluding hydrogens is 512 g/mol. The Balaban J connectivity index is 1.61. The maximum atomic E-state index is 13.3. The summed E-state index contributed by atoms with van der Waals surface area (Å²) in [7, 11) is 0. The van der Waals surface area contributed by atoms with E-state index in [0.29, 0.717) is 33.8 Å². The van der Waals surface area contributed by atoms with E-state index in [1.54, 1.807) is 22.8 Å². The Morgan fingerprint density at radius 2 is 1.88 bits per heavy atom. The first-order valence-corrected chi connectivity index (χ1v) is 11.5. The van der Waals surface area contributed by atoms with Crippen molar-refractivity contribution in [2.24, 2.45) is 0 Å². The van der Waals surface area contributed by atoms with E-state index in [1.807, 2.05) is 0 Å². The molecule has 12 heteroatoms. The molecule has 0 aliphatic carbocycles. The van der Waals surface area contributed by atoms with Gasteiger partial charge in [0.2, 0.25) is 5.91 Å². The van der Waals surface area contributed by atoms with Gasteiger partial charge in [0.25, 0.3) is 5.91 Å². The van der Waals surface area contributed by atoms with Crippen molar-refractivity contribution in [2.75, 3.05) is 11.1 Å². The number of carbonyl (C=O) groups is 2. The predicted molar refractivity (Wildman–Crippen MR) is 129 cm³/mol. The number of anilines is 1. The summed E-state index contributed by atoms with van der Waals surface area (Å²) < 4.78 is 15.0.